The first-order chi connectivity index (χ1) is 9.77. The van der Waals surface area contributed by atoms with E-state index in [-0.39, 0.29) is 16.3 Å². The van der Waals surface area contributed by atoms with Crippen LogP contribution in [-0.2, 0) is 9.84 Å². The van der Waals surface area contributed by atoms with Gasteiger partial charge in [0.05, 0.1) is 4.90 Å². The number of pyridine rings is 1. The van der Waals surface area contributed by atoms with E-state index in [1.165, 1.54) is 36.5 Å². The van der Waals surface area contributed by atoms with Crippen molar-refractivity contribution in [3.8, 4) is 11.6 Å². The molecule has 0 spiro atoms. The summed E-state index contributed by atoms with van der Waals surface area (Å²) in [6, 6.07) is 7.00. The third kappa shape index (κ3) is 3.79. The standard InChI is InChI=1S/C13H10BrNO5S/c1-21(18,19)10-4-2-9(3-5-10)20-12-11(13(16)17)6-8(14)7-15-12/h2-7H,1H3,(H,16,17). The molecule has 6 nitrogen and oxygen atoms in total. The van der Waals surface area contributed by atoms with Crippen LogP contribution >= 0.6 is 15.9 Å². The molecule has 0 saturated carbocycles. The van der Waals surface area contributed by atoms with Gasteiger partial charge in [-0.1, -0.05) is 0 Å². The zero-order chi connectivity index (χ0) is 15.6. The molecule has 21 heavy (non-hydrogen) atoms. The summed E-state index contributed by atoms with van der Waals surface area (Å²) in [7, 11) is -3.29. The van der Waals surface area contributed by atoms with E-state index in [1.54, 1.807) is 0 Å². The number of hydrogen-bond acceptors (Lipinski definition) is 5. The second-order valence-electron chi connectivity index (χ2n) is 4.16. The van der Waals surface area contributed by atoms with Gasteiger partial charge >= 0.3 is 5.97 Å². The van der Waals surface area contributed by atoms with Crippen LogP contribution < -0.4 is 4.74 Å². The Morgan fingerprint density at radius 3 is 2.43 bits per heavy atom. The van der Waals surface area contributed by atoms with Crippen molar-refractivity contribution >= 4 is 31.7 Å². The van der Waals surface area contributed by atoms with Gasteiger partial charge in [-0.25, -0.2) is 18.2 Å². The van der Waals surface area contributed by atoms with E-state index in [2.05, 4.69) is 20.9 Å². The number of nitrogens with zero attached hydrogens (tertiary/aromatic N) is 1. The molecule has 2 rings (SSSR count). The fourth-order valence-electron chi connectivity index (χ4n) is 1.53. The van der Waals surface area contributed by atoms with Crippen molar-refractivity contribution in [2.24, 2.45) is 0 Å². The van der Waals surface area contributed by atoms with Crippen LogP contribution in [0.5, 0.6) is 11.6 Å². The molecule has 1 heterocycles. The molecule has 0 radical (unpaired) electrons. The molecule has 0 fully saturated rings. The van der Waals surface area contributed by atoms with Crippen molar-refractivity contribution in [2.45, 2.75) is 4.90 Å². The number of carboxylic acids is 1. The lowest BCUT2D eigenvalue weighted by molar-refractivity contribution is 0.0693. The number of aromatic carboxylic acids is 1. The topological polar surface area (TPSA) is 93.6 Å². The quantitative estimate of drug-likeness (QED) is 0.887. The van der Waals surface area contributed by atoms with E-state index in [0.717, 1.165) is 6.26 Å². The van der Waals surface area contributed by atoms with Crippen LogP contribution in [0.15, 0.2) is 45.9 Å². The van der Waals surface area contributed by atoms with Gasteiger partial charge in [0.1, 0.15) is 11.3 Å². The molecule has 110 valence electrons. The number of benzene rings is 1. The molecular weight excluding hydrogens is 362 g/mol. The minimum Gasteiger partial charge on any atom is -0.477 e. The monoisotopic (exact) mass is 371 g/mol. The lowest BCUT2D eigenvalue weighted by Gasteiger charge is -2.08. The van der Waals surface area contributed by atoms with Crippen LogP contribution in [0.4, 0.5) is 0 Å². The maximum absolute atomic E-state index is 11.3. The minimum absolute atomic E-state index is 0.0715. The highest BCUT2D eigenvalue weighted by molar-refractivity contribution is 9.10. The fraction of sp³-hybridized carbons (Fsp3) is 0.0769. The Balaban J connectivity index is 2.33. The predicted molar refractivity (Wildman–Crippen MR) is 78.5 cm³/mol. The second-order valence-corrected chi connectivity index (χ2v) is 7.09. The largest absolute Gasteiger partial charge is 0.477 e. The molecule has 0 aliphatic rings. The van der Waals surface area contributed by atoms with Crippen molar-refractivity contribution in [3.05, 3.63) is 46.6 Å². The Kier molecular flexibility index (Phi) is 4.29. The van der Waals surface area contributed by atoms with Crippen molar-refractivity contribution in [3.63, 3.8) is 0 Å². The molecule has 0 atom stereocenters. The van der Waals surface area contributed by atoms with Crippen LogP contribution in [-0.4, -0.2) is 30.7 Å². The van der Waals surface area contributed by atoms with Crippen molar-refractivity contribution < 1.29 is 23.1 Å². The number of rotatable bonds is 4. The summed E-state index contributed by atoms with van der Waals surface area (Å²) < 4.78 is 28.6. The van der Waals surface area contributed by atoms with Crippen LogP contribution in [0.25, 0.3) is 0 Å². The van der Waals surface area contributed by atoms with Gasteiger partial charge in [0.25, 0.3) is 0 Å². The summed E-state index contributed by atoms with van der Waals surface area (Å²) in [5, 5.41) is 9.10. The van der Waals surface area contributed by atoms with Gasteiger partial charge in [0, 0.05) is 16.9 Å². The van der Waals surface area contributed by atoms with Crippen LogP contribution in [0.2, 0.25) is 0 Å². The average molecular weight is 372 g/mol. The van der Waals surface area contributed by atoms with Crippen LogP contribution in [0.3, 0.4) is 0 Å². The second kappa shape index (κ2) is 5.82. The van der Waals surface area contributed by atoms with Gasteiger partial charge < -0.3 is 9.84 Å². The van der Waals surface area contributed by atoms with Gasteiger partial charge in [-0.15, -0.1) is 0 Å². The summed E-state index contributed by atoms with van der Waals surface area (Å²) >= 11 is 3.13. The van der Waals surface area contributed by atoms with Gasteiger partial charge in [-0.2, -0.15) is 0 Å². The first-order valence-corrected chi connectivity index (χ1v) is 8.32. The molecular formula is C13H10BrNO5S. The van der Waals surface area contributed by atoms with Crippen molar-refractivity contribution in [2.75, 3.05) is 6.26 Å². The Bertz CT molecular complexity index is 787. The van der Waals surface area contributed by atoms with Gasteiger partial charge in [-0.05, 0) is 46.3 Å². The first-order valence-electron chi connectivity index (χ1n) is 5.64. The normalized spacial score (nSPS) is 11.1. The lowest BCUT2D eigenvalue weighted by Crippen LogP contribution is -2.02. The number of carbonyl (C=O) groups is 1. The fourth-order valence-corrected chi connectivity index (χ4v) is 2.49. The third-order valence-corrected chi connectivity index (χ3v) is 4.08. The van der Waals surface area contributed by atoms with E-state index >= 15 is 0 Å². The molecule has 0 saturated heterocycles. The van der Waals surface area contributed by atoms with E-state index in [9.17, 15) is 13.2 Å². The highest BCUT2D eigenvalue weighted by atomic mass is 79.9. The van der Waals surface area contributed by atoms with E-state index in [1.807, 2.05) is 0 Å². The smallest absolute Gasteiger partial charge is 0.341 e. The summed E-state index contributed by atoms with van der Waals surface area (Å²) in [5.41, 5.74) is -0.100. The molecule has 0 bridgehead atoms. The van der Waals surface area contributed by atoms with Crippen molar-refractivity contribution in [1.29, 1.82) is 0 Å². The zero-order valence-electron chi connectivity index (χ0n) is 10.8. The molecule has 2 aromatic rings. The number of halogens is 1. The highest BCUT2D eigenvalue weighted by Crippen LogP contribution is 2.26. The molecule has 0 unspecified atom stereocenters. The Labute approximate surface area is 129 Å². The summed E-state index contributed by atoms with van der Waals surface area (Å²) in [5.74, 6) is -0.955. The summed E-state index contributed by atoms with van der Waals surface area (Å²) in [6.45, 7) is 0. The molecule has 0 aliphatic carbocycles. The summed E-state index contributed by atoms with van der Waals surface area (Å²) in [6.07, 6.45) is 2.51. The maximum atomic E-state index is 11.3. The average Bonchev–Trinajstić information content (AvgIpc) is 2.40. The third-order valence-electron chi connectivity index (χ3n) is 2.51. The SMILES string of the molecule is CS(=O)(=O)c1ccc(Oc2ncc(Br)cc2C(=O)O)cc1. The van der Waals surface area contributed by atoms with E-state index in [0.29, 0.717) is 10.2 Å². The number of ether oxygens (including phenoxy) is 1. The van der Waals surface area contributed by atoms with E-state index < -0.39 is 15.8 Å². The van der Waals surface area contributed by atoms with E-state index in [4.69, 9.17) is 9.84 Å². The molecule has 1 aromatic heterocycles. The number of aromatic nitrogens is 1. The molecule has 0 aliphatic heterocycles. The van der Waals surface area contributed by atoms with Gasteiger partial charge in [-0.3, -0.25) is 0 Å². The lowest BCUT2D eigenvalue weighted by atomic mass is 10.3. The Morgan fingerprint density at radius 1 is 1.29 bits per heavy atom. The Morgan fingerprint density at radius 2 is 1.90 bits per heavy atom. The van der Waals surface area contributed by atoms with Gasteiger partial charge in [0.2, 0.25) is 5.88 Å². The number of sulfone groups is 1. The Hall–Kier alpha value is -1.93. The highest BCUT2D eigenvalue weighted by Gasteiger charge is 2.15. The molecule has 0 amide bonds. The zero-order valence-corrected chi connectivity index (χ0v) is 13.2. The number of hydrogen-bond donors (Lipinski definition) is 1. The summed E-state index contributed by atoms with van der Waals surface area (Å²) in [4.78, 5) is 15.2. The maximum Gasteiger partial charge on any atom is 0.341 e. The van der Waals surface area contributed by atoms with Crippen molar-refractivity contribution in [1.82, 2.24) is 4.98 Å². The first kappa shape index (κ1) is 15.5. The van der Waals surface area contributed by atoms with Crippen LogP contribution in [0, 0.1) is 0 Å². The molecule has 1 aromatic carbocycles. The predicted octanol–water partition coefficient (Wildman–Crippen LogP) is 2.74. The molecule has 1 N–H and O–H groups in total. The minimum atomic E-state index is -3.29. The van der Waals surface area contributed by atoms with Gasteiger partial charge in [0.15, 0.2) is 9.84 Å². The molecule has 8 heteroatoms. The van der Waals surface area contributed by atoms with Crippen LogP contribution in [0.1, 0.15) is 10.4 Å². The number of carboxylic acid groups (broad SMARTS) is 1.